The number of rotatable bonds is 3. The first-order valence-electron chi connectivity index (χ1n) is 5.86. The summed E-state index contributed by atoms with van der Waals surface area (Å²) in [5.41, 5.74) is 11.1. The highest BCUT2D eigenvalue weighted by molar-refractivity contribution is 5.94. The molecule has 0 fully saturated rings. The fourth-order valence-electron chi connectivity index (χ4n) is 1.41. The van der Waals surface area contributed by atoms with E-state index < -0.39 is 11.7 Å². The average Bonchev–Trinajstić information content (AvgIpc) is 2.38. The predicted octanol–water partition coefficient (Wildman–Crippen LogP) is -0.823. The van der Waals surface area contributed by atoms with Crippen molar-refractivity contribution in [1.82, 2.24) is 5.32 Å². The van der Waals surface area contributed by atoms with Crippen LogP contribution in [0.5, 0.6) is 0 Å². The Labute approximate surface area is 114 Å². The van der Waals surface area contributed by atoms with Gasteiger partial charge in [0.1, 0.15) is 0 Å². The van der Waals surface area contributed by atoms with Crippen molar-refractivity contribution in [3.05, 3.63) is 35.4 Å². The van der Waals surface area contributed by atoms with Crippen LogP contribution in [0.25, 0.3) is 0 Å². The third-order valence-corrected chi connectivity index (χ3v) is 2.50. The smallest absolute Gasteiger partial charge is 0.357 e. The second-order valence-electron chi connectivity index (χ2n) is 4.00. The minimum absolute atomic E-state index is 0.142. The van der Waals surface area contributed by atoms with Crippen LogP contribution in [0, 0.1) is 0 Å². The van der Waals surface area contributed by atoms with Gasteiger partial charge < -0.3 is 5.73 Å². The number of nitrogens with zero attached hydrogens (tertiary/aromatic N) is 1. The van der Waals surface area contributed by atoms with Crippen molar-refractivity contribution in [2.24, 2.45) is 16.5 Å². The maximum absolute atomic E-state index is 12.4. The quantitative estimate of drug-likeness (QED) is 0.432. The lowest BCUT2D eigenvalue weighted by Gasteiger charge is -2.07. The topological polar surface area (TPSA) is 90.4 Å². The zero-order valence-electron chi connectivity index (χ0n) is 11.0. The van der Waals surface area contributed by atoms with Crippen molar-refractivity contribution >= 4 is 11.9 Å². The zero-order chi connectivity index (χ0) is 15.2. The molecule has 20 heavy (non-hydrogen) atoms. The summed E-state index contributed by atoms with van der Waals surface area (Å²) in [5.74, 6) is 0.407. The van der Waals surface area contributed by atoms with Crippen LogP contribution >= 0.6 is 0 Å². The van der Waals surface area contributed by atoms with Crippen molar-refractivity contribution < 1.29 is 18.2 Å². The first-order valence-corrected chi connectivity index (χ1v) is 5.86. The number of alkyl halides is 3. The summed E-state index contributed by atoms with van der Waals surface area (Å²) in [6, 6.07) is 4.95. The van der Waals surface area contributed by atoms with E-state index in [4.69, 9.17) is 11.5 Å². The van der Waals surface area contributed by atoms with Gasteiger partial charge in [0.05, 0.1) is 12.6 Å². The fourth-order valence-corrected chi connectivity index (χ4v) is 1.41. The van der Waals surface area contributed by atoms with Crippen molar-refractivity contribution in [2.75, 3.05) is 13.6 Å². The summed E-state index contributed by atoms with van der Waals surface area (Å²) in [4.78, 5) is 6.64. The number of aliphatic imine (C=N–C) groups is 1. The molecule has 0 saturated heterocycles. The van der Waals surface area contributed by atoms with Crippen molar-refractivity contribution in [2.45, 2.75) is 12.6 Å². The molecule has 8 heteroatoms. The molecule has 1 aromatic rings. The van der Waals surface area contributed by atoms with Crippen LogP contribution in [0.3, 0.4) is 0 Å². The van der Waals surface area contributed by atoms with E-state index in [9.17, 15) is 13.2 Å². The predicted molar refractivity (Wildman–Crippen MR) is 70.9 cm³/mol. The lowest BCUT2D eigenvalue weighted by molar-refractivity contribution is -0.422. The van der Waals surface area contributed by atoms with Gasteiger partial charge in [0.25, 0.3) is 5.96 Å². The third-order valence-electron chi connectivity index (χ3n) is 2.50. The van der Waals surface area contributed by atoms with Crippen LogP contribution in [-0.2, 0) is 12.6 Å². The molecule has 0 aliphatic heterocycles. The monoisotopic (exact) mass is 288 g/mol. The molecule has 0 radical (unpaired) electrons. The summed E-state index contributed by atoms with van der Waals surface area (Å²) in [5, 5.41) is 2.61. The van der Waals surface area contributed by atoms with Crippen LogP contribution in [-0.4, -0.2) is 25.5 Å². The number of nitrogens with one attached hydrogen (secondary N) is 2. The minimum Gasteiger partial charge on any atom is -0.357 e. The number of halogens is 3. The van der Waals surface area contributed by atoms with E-state index in [0.717, 1.165) is 17.7 Å². The molecule has 0 aromatic heterocycles. The SMILES string of the molecule is C[NH+]=C(N)NC(N)=NCCc1ccc(C(F)(F)F)cc1. The molecule has 1 rings (SSSR count). The van der Waals surface area contributed by atoms with E-state index in [0.29, 0.717) is 13.0 Å². The molecule has 0 heterocycles. The van der Waals surface area contributed by atoms with Gasteiger partial charge in [-0.1, -0.05) is 12.1 Å². The average molecular weight is 288 g/mol. The molecule has 0 aliphatic rings. The van der Waals surface area contributed by atoms with E-state index in [1.54, 1.807) is 7.05 Å². The fraction of sp³-hybridized carbons (Fsp3) is 0.333. The standard InChI is InChI=1S/C12H16F3N5/c1-18-10(16)20-11(17)19-7-6-8-2-4-9(5-3-8)12(13,14)15/h2-5H,6-7H2,1H3,(H5,16,17,18,19,20)/p+1. The Hall–Kier alpha value is -2.25. The van der Waals surface area contributed by atoms with Crippen LogP contribution < -0.4 is 21.8 Å². The van der Waals surface area contributed by atoms with E-state index >= 15 is 0 Å². The molecule has 1 aromatic carbocycles. The molecule has 0 bridgehead atoms. The highest BCUT2D eigenvalue weighted by Crippen LogP contribution is 2.29. The summed E-state index contributed by atoms with van der Waals surface area (Å²) in [7, 11) is 1.62. The van der Waals surface area contributed by atoms with Crippen molar-refractivity contribution in [1.29, 1.82) is 0 Å². The van der Waals surface area contributed by atoms with Gasteiger partial charge >= 0.3 is 12.1 Å². The first kappa shape index (κ1) is 15.8. The highest BCUT2D eigenvalue weighted by atomic mass is 19.4. The Bertz CT molecular complexity index is 491. The summed E-state index contributed by atoms with van der Waals surface area (Å²) in [6.07, 6.45) is -3.83. The van der Waals surface area contributed by atoms with Gasteiger partial charge in [-0.05, 0) is 24.1 Å². The molecule has 0 unspecified atom stereocenters. The van der Waals surface area contributed by atoms with Crippen molar-refractivity contribution in [3.63, 3.8) is 0 Å². The summed E-state index contributed by atoms with van der Waals surface area (Å²) >= 11 is 0. The van der Waals surface area contributed by atoms with Gasteiger partial charge in [0.15, 0.2) is 0 Å². The molecular formula is C12H17F3N5+. The number of benzene rings is 1. The van der Waals surface area contributed by atoms with Crippen LogP contribution in [0.4, 0.5) is 13.2 Å². The molecule has 0 atom stereocenters. The molecule has 0 aliphatic carbocycles. The normalized spacial score (nSPS) is 13.4. The Morgan fingerprint density at radius 3 is 2.35 bits per heavy atom. The Balaban J connectivity index is 2.52. The highest BCUT2D eigenvalue weighted by Gasteiger charge is 2.29. The number of hydrogen-bond donors (Lipinski definition) is 4. The van der Waals surface area contributed by atoms with Gasteiger partial charge in [-0.2, -0.15) is 13.2 Å². The molecule has 5 nitrogen and oxygen atoms in total. The molecule has 110 valence electrons. The van der Waals surface area contributed by atoms with E-state index in [-0.39, 0.29) is 11.9 Å². The summed E-state index contributed by atoms with van der Waals surface area (Å²) < 4.78 is 37.1. The number of guanidine groups is 2. The third kappa shape index (κ3) is 5.17. The van der Waals surface area contributed by atoms with Gasteiger partial charge in [0, 0.05) is 6.54 Å². The maximum Gasteiger partial charge on any atom is 0.416 e. The maximum atomic E-state index is 12.4. The van der Waals surface area contributed by atoms with Crippen LogP contribution in [0.15, 0.2) is 29.3 Å². The molecule has 0 saturated carbocycles. The van der Waals surface area contributed by atoms with E-state index in [2.05, 4.69) is 15.3 Å². The number of hydrogen-bond acceptors (Lipinski definition) is 1. The summed E-state index contributed by atoms with van der Waals surface area (Å²) in [6.45, 7) is 0.348. The van der Waals surface area contributed by atoms with Crippen molar-refractivity contribution in [3.8, 4) is 0 Å². The van der Waals surface area contributed by atoms with Gasteiger partial charge in [-0.3, -0.25) is 10.7 Å². The Kier molecular flexibility index (Phi) is 5.36. The number of nitrogens with two attached hydrogens (primary N) is 2. The van der Waals surface area contributed by atoms with E-state index in [1.165, 1.54) is 12.1 Å². The second-order valence-corrected chi connectivity index (χ2v) is 4.00. The van der Waals surface area contributed by atoms with Crippen LogP contribution in [0.1, 0.15) is 11.1 Å². The van der Waals surface area contributed by atoms with Crippen LogP contribution in [0.2, 0.25) is 0 Å². The van der Waals surface area contributed by atoms with Gasteiger partial charge in [0.2, 0.25) is 0 Å². The Morgan fingerprint density at radius 1 is 1.25 bits per heavy atom. The molecule has 6 N–H and O–H groups in total. The molecule has 0 spiro atoms. The lowest BCUT2D eigenvalue weighted by Crippen LogP contribution is -2.75. The van der Waals surface area contributed by atoms with E-state index in [1.807, 2.05) is 0 Å². The Morgan fingerprint density at radius 2 is 1.85 bits per heavy atom. The molecule has 0 amide bonds. The first-order chi connectivity index (χ1) is 9.32. The largest absolute Gasteiger partial charge is 0.416 e. The second kappa shape index (κ2) is 6.78. The minimum atomic E-state index is -4.31. The zero-order valence-corrected chi connectivity index (χ0v) is 11.0. The molecular weight excluding hydrogens is 271 g/mol. The lowest BCUT2D eigenvalue weighted by atomic mass is 10.1. The van der Waals surface area contributed by atoms with Gasteiger partial charge in [-0.25, -0.2) is 10.3 Å². The van der Waals surface area contributed by atoms with Gasteiger partial charge in [-0.15, -0.1) is 0 Å².